The molecular formula is C16H25NOS. The van der Waals surface area contributed by atoms with Crippen LogP contribution < -0.4 is 0 Å². The van der Waals surface area contributed by atoms with Gasteiger partial charge >= 0.3 is 0 Å². The van der Waals surface area contributed by atoms with E-state index in [1.165, 1.54) is 24.1 Å². The lowest BCUT2D eigenvalue weighted by atomic mass is 10.1. The minimum absolute atomic E-state index is 0.306. The molecule has 1 aromatic rings. The minimum Gasteiger partial charge on any atom is -0.293 e. The van der Waals surface area contributed by atoms with Crippen LogP contribution in [-0.4, -0.2) is 29.8 Å². The van der Waals surface area contributed by atoms with E-state index in [1.807, 2.05) is 6.07 Å². The summed E-state index contributed by atoms with van der Waals surface area (Å²) in [6.07, 6.45) is 4.76. The smallest absolute Gasteiger partial charge is 0.186 e. The number of hydrogen-bond acceptors (Lipinski definition) is 3. The van der Waals surface area contributed by atoms with Gasteiger partial charge in [-0.25, -0.2) is 0 Å². The number of aryl methyl sites for hydroxylation is 1. The van der Waals surface area contributed by atoms with E-state index in [0.717, 1.165) is 17.8 Å². The van der Waals surface area contributed by atoms with Crippen molar-refractivity contribution in [2.75, 3.05) is 13.1 Å². The van der Waals surface area contributed by atoms with E-state index in [2.05, 4.69) is 31.7 Å². The Morgan fingerprint density at radius 3 is 2.68 bits per heavy atom. The molecular weight excluding hydrogens is 254 g/mol. The van der Waals surface area contributed by atoms with Crippen molar-refractivity contribution in [3.05, 3.63) is 21.9 Å². The van der Waals surface area contributed by atoms with Crippen molar-refractivity contribution in [1.82, 2.24) is 4.90 Å². The number of rotatable bonds is 8. The second-order valence-corrected chi connectivity index (χ2v) is 7.10. The molecule has 0 radical (unpaired) electrons. The van der Waals surface area contributed by atoms with Crippen molar-refractivity contribution < 1.29 is 4.79 Å². The van der Waals surface area contributed by atoms with Crippen LogP contribution in [0.15, 0.2) is 12.1 Å². The third-order valence-corrected chi connectivity index (χ3v) is 4.96. The summed E-state index contributed by atoms with van der Waals surface area (Å²) in [5.41, 5.74) is 0. The van der Waals surface area contributed by atoms with Crippen LogP contribution in [0, 0.1) is 5.92 Å². The normalized spacial score (nSPS) is 15.4. The fourth-order valence-electron chi connectivity index (χ4n) is 2.23. The van der Waals surface area contributed by atoms with Crippen molar-refractivity contribution in [1.29, 1.82) is 0 Å². The van der Waals surface area contributed by atoms with Gasteiger partial charge in [-0.2, -0.15) is 0 Å². The molecule has 1 aliphatic carbocycles. The summed E-state index contributed by atoms with van der Waals surface area (Å²) >= 11 is 1.66. The molecule has 0 amide bonds. The molecule has 3 heteroatoms. The third-order valence-electron chi connectivity index (χ3n) is 3.69. The molecule has 106 valence electrons. The number of carbonyl (C=O) groups excluding carboxylic acids is 1. The summed E-state index contributed by atoms with van der Waals surface area (Å²) in [7, 11) is 0. The molecule has 0 unspecified atom stereocenters. The summed E-state index contributed by atoms with van der Waals surface area (Å²) in [5.74, 6) is 1.02. The maximum absolute atomic E-state index is 12.3. The first-order valence-corrected chi connectivity index (χ1v) is 8.27. The molecule has 1 fully saturated rings. The van der Waals surface area contributed by atoms with Gasteiger partial charge in [-0.15, -0.1) is 11.3 Å². The van der Waals surface area contributed by atoms with E-state index in [9.17, 15) is 4.79 Å². The Morgan fingerprint density at radius 1 is 1.42 bits per heavy atom. The van der Waals surface area contributed by atoms with Crippen LogP contribution in [0.5, 0.6) is 0 Å². The molecule has 0 aliphatic heterocycles. The number of hydrogen-bond donors (Lipinski definition) is 0. The second-order valence-electron chi connectivity index (χ2n) is 5.93. The molecule has 1 saturated carbocycles. The van der Waals surface area contributed by atoms with Crippen molar-refractivity contribution >= 4 is 17.1 Å². The van der Waals surface area contributed by atoms with Gasteiger partial charge in [0, 0.05) is 10.9 Å². The van der Waals surface area contributed by atoms with Crippen molar-refractivity contribution in [2.24, 2.45) is 5.92 Å². The average molecular weight is 279 g/mol. The molecule has 0 saturated heterocycles. The molecule has 0 aromatic carbocycles. The van der Waals surface area contributed by atoms with E-state index >= 15 is 0 Å². The van der Waals surface area contributed by atoms with Gasteiger partial charge in [-0.05, 0) is 50.3 Å². The van der Waals surface area contributed by atoms with E-state index < -0.39 is 0 Å². The van der Waals surface area contributed by atoms with E-state index in [1.54, 1.807) is 11.3 Å². The lowest BCUT2D eigenvalue weighted by molar-refractivity contribution is 0.0924. The van der Waals surface area contributed by atoms with Gasteiger partial charge in [0.2, 0.25) is 0 Å². The molecule has 0 spiro atoms. The summed E-state index contributed by atoms with van der Waals surface area (Å²) in [5, 5.41) is 0. The quantitative estimate of drug-likeness (QED) is 0.670. The molecule has 1 aliphatic rings. The highest BCUT2D eigenvalue weighted by molar-refractivity contribution is 7.14. The standard InChI is InChI=1S/C16H25NOS/c1-4-14-7-8-16(19-14)15(18)11-17(13-5-6-13)10-9-12(2)3/h7-8,12-13H,4-6,9-11H2,1-3H3. The zero-order valence-electron chi connectivity index (χ0n) is 12.3. The zero-order chi connectivity index (χ0) is 13.8. The van der Waals surface area contributed by atoms with Crippen molar-refractivity contribution in [2.45, 2.75) is 52.5 Å². The molecule has 0 atom stereocenters. The van der Waals surface area contributed by atoms with Crippen molar-refractivity contribution in [3.63, 3.8) is 0 Å². The lowest BCUT2D eigenvalue weighted by Crippen LogP contribution is -2.33. The highest BCUT2D eigenvalue weighted by atomic mass is 32.1. The van der Waals surface area contributed by atoms with E-state index in [-0.39, 0.29) is 0 Å². The molecule has 19 heavy (non-hydrogen) atoms. The first kappa shape index (κ1) is 14.7. The summed E-state index contributed by atoms with van der Waals surface area (Å²) < 4.78 is 0. The largest absolute Gasteiger partial charge is 0.293 e. The number of thiophene rings is 1. The molecule has 1 aromatic heterocycles. The Hall–Kier alpha value is -0.670. The van der Waals surface area contributed by atoms with Crippen LogP contribution in [0.4, 0.5) is 0 Å². The lowest BCUT2D eigenvalue weighted by Gasteiger charge is -2.21. The fourth-order valence-corrected chi connectivity index (χ4v) is 3.11. The van der Waals surface area contributed by atoms with Crippen LogP contribution >= 0.6 is 11.3 Å². The predicted molar refractivity (Wildman–Crippen MR) is 82.1 cm³/mol. The first-order chi connectivity index (χ1) is 9.10. The Kier molecular flexibility index (Phi) is 5.17. The van der Waals surface area contributed by atoms with Gasteiger partial charge in [0.25, 0.3) is 0 Å². The minimum atomic E-state index is 0.306. The molecule has 2 nitrogen and oxygen atoms in total. The van der Waals surface area contributed by atoms with Crippen LogP contribution in [0.1, 0.15) is 54.6 Å². The second kappa shape index (κ2) is 6.67. The predicted octanol–water partition coefficient (Wildman–Crippen LogP) is 4.00. The van der Waals surface area contributed by atoms with Crippen LogP contribution in [0.2, 0.25) is 0 Å². The molecule has 0 N–H and O–H groups in total. The average Bonchev–Trinajstić information content (AvgIpc) is 3.10. The number of nitrogens with zero attached hydrogens (tertiary/aromatic N) is 1. The van der Waals surface area contributed by atoms with Gasteiger partial charge < -0.3 is 0 Å². The topological polar surface area (TPSA) is 20.3 Å². The van der Waals surface area contributed by atoms with Crippen LogP contribution in [0.25, 0.3) is 0 Å². The van der Waals surface area contributed by atoms with Crippen LogP contribution in [-0.2, 0) is 6.42 Å². The maximum atomic E-state index is 12.3. The van der Waals surface area contributed by atoms with Crippen molar-refractivity contribution in [3.8, 4) is 0 Å². The molecule has 1 heterocycles. The molecule has 2 rings (SSSR count). The monoisotopic (exact) mass is 279 g/mol. The SMILES string of the molecule is CCc1ccc(C(=O)CN(CCC(C)C)C2CC2)s1. The molecule has 0 bridgehead atoms. The fraction of sp³-hybridized carbons (Fsp3) is 0.688. The number of carbonyl (C=O) groups is 1. The zero-order valence-corrected chi connectivity index (χ0v) is 13.1. The van der Waals surface area contributed by atoms with Gasteiger partial charge in [-0.1, -0.05) is 20.8 Å². The Balaban J connectivity index is 1.90. The van der Waals surface area contributed by atoms with Gasteiger partial charge in [0.15, 0.2) is 5.78 Å². The number of Topliss-reactive ketones (excluding diaryl/α,β-unsaturated/α-hetero) is 1. The Labute approximate surface area is 120 Å². The van der Waals surface area contributed by atoms with Gasteiger partial charge in [-0.3, -0.25) is 9.69 Å². The van der Waals surface area contributed by atoms with Gasteiger partial charge in [0.05, 0.1) is 11.4 Å². The maximum Gasteiger partial charge on any atom is 0.186 e. The van der Waals surface area contributed by atoms with Gasteiger partial charge in [0.1, 0.15) is 0 Å². The van der Waals surface area contributed by atoms with E-state index in [4.69, 9.17) is 0 Å². The van der Waals surface area contributed by atoms with Crippen LogP contribution in [0.3, 0.4) is 0 Å². The van der Waals surface area contributed by atoms with E-state index in [0.29, 0.717) is 24.3 Å². The highest BCUT2D eigenvalue weighted by Crippen LogP contribution is 2.28. The third kappa shape index (κ3) is 4.43. The Morgan fingerprint density at radius 2 is 2.16 bits per heavy atom. The number of ketones is 1. The Bertz CT molecular complexity index is 420. The summed E-state index contributed by atoms with van der Waals surface area (Å²) in [4.78, 5) is 17.0. The highest BCUT2D eigenvalue weighted by Gasteiger charge is 2.30. The first-order valence-electron chi connectivity index (χ1n) is 7.46. The summed E-state index contributed by atoms with van der Waals surface area (Å²) in [6, 6.07) is 4.76. The summed E-state index contributed by atoms with van der Waals surface area (Å²) in [6.45, 7) is 8.32.